The molecule has 0 saturated carbocycles. The van der Waals surface area contributed by atoms with Gasteiger partial charge < -0.3 is 9.84 Å². The third-order valence-corrected chi connectivity index (χ3v) is 7.43. The van der Waals surface area contributed by atoms with Crippen molar-refractivity contribution in [3.05, 3.63) is 66.0 Å². The van der Waals surface area contributed by atoms with E-state index in [4.69, 9.17) is 39.3 Å². The van der Waals surface area contributed by atoms with Crippen molar-refractivity contribution in [2.75, 3.05) is 6.61 Å². The molecule has 2 atom stereocenters. The Labute approximate surface area is 166 Å². The van der Waals surface area contributed by atoms with Crippen LogP contribution in [0.3, 0.4) is 0 Å². The Hall–Kier alpha value is -1.10. The first kappa shape index (κ1) is 21.2. The third-order valence-electron chi connectivity index (χ3n) is 3.46. The van der Waals surface area contributed by atoms with E-state index in [1.807, 2.05) is 0 Å². The third kappa shape index (κ3) is 4.99. The van der Waals surface area contributed by atoms with Crippen molar-refractivity contribution in [3.63, 3.8) is 0 Å². The van der Waals surface area contributed by atoms with E-state index in [9.17, 15) is 13.8 Å². The summed E-state index contributed by atoms with van der Waals surface area (Å²) in [7, 11) is -3.79. The van der Waals surface area contributed by atoms with Gasteiger partial charge in [0.25, 0.3) is 13.3 Å². The molecule has 0 saturated heterocycles. The van der Waals surface area contributed by atoms with E-state index in [1.54, 1.807) is 37.3 Å². The van der Waals surface area contributed by atoms with Crippen molar-refractivity contribution >= 4 is 53.4 Å². The number of carbonyl (C=O) groups excluding carboxylic acids is 1. The number of carbonyl (C=O) groups is 1. The van der Waals surface area contributed by atoms with Crippen LogP contribution in [0, 0.1) is 5.82 Å². The van der Waals surface area contributed by atoms with Crippen LogP contribution >= 0.6 is 42.2 Å². The van der Waals surface area contributed by atoms with E-state index >= 15 is 0 Å². The molecule has 0 aromatic heterocycles. The molecule has 4 nitrogen and oxygen atoms in total. The zero-order valence-electron chi connectivity index (χ0n) is 13.7. The maximum Gasteiger partial charge on any atom is 0.258 e. The van der Waals surface area contributed by atoms with Crippen molar-refractivity contribution in [1.82, 2.24) is 5.32 Å². The summed E-state index contributed by atoms with van der Waals surface area (Å²) in [6.07, 6.45) is 0. The fourth-order valence-corrected chi connectivity index (χ4v) is 5.85. The lowest BCUT2D eigenvalue weighted by atomic mass is 10.2. The van der Waals surface area contributed by atoms with Crippen LogP contribution in [-0.2, 0) is 9.09 Å². The first-order valence-corrected chi connectivity index (χ1v) is 10.4. The molecular formula is C17H16Cl3FNO3P. The Bertz CT molecular complexity index is 797. The highest BCUT2D eigenvalue weighted by Crippen LogP contribution is 2.57. The van der Waals surface area contributed by atoms with Gasteiger partial charge in [-0.2, -0.15) is 0 Å². The summed E-state index contributed by atoms with van der Waals surface area (Å²) in [4.78, 5) is 12.5. The molecule has 1 N–H and O–H groups in total. The fourth-order valence-electron chi connectivity index (χ4n) is 2.29. The van der Waals surface area contributed by atoms with Crippen LogP contribution in [0.2, 0.25) is 0 Å². The molecule has 0 aliphatic heterocycles. The molecule has 0 unspecified atom stereocenters. The second-order valence-corrected chi connectivity index (χ2v) is 10.1. The van der Waals surface area contributed by atoms with Crippen molar-refractivity contribution in [3.8, 4) is 0 Å². The molecule has 1 amide bonds. The van der Waals surface area contributed by atoms with Crippen molar-refractivity contribution in [2.24, 2.45) is 0 Å². The van der Waals surface area contributed by atoms with Gasteiger partial charge in [0.15, 0.2) is 5.78 Å². The standard InChI is InChI=1S/C17H16Cl3FNO3P/c1-2-25-26(24,14-6-4-3-5-7-14)16(17(18,19)20)22-15(23)12-8-10-13(21)11-9-12/h3-11,16H,2H2,1H3,(H,22,23)/t16-,26+/m1/s1. The number of alkyl halides is 3. The average molecular weight is 439 g/mol. The second kappa shape index (κ2) is 8.73. The fraction of sp³-hybridized carbons (Fsp3) is 0.235. The number of nitrogens with one attached hydrogen (secondary N) is 1. The van der Waals surface area contributed by atoms with Crippen molar-refractivity contribution in [1.29, 1.82) is 0 Å². The Kier molecular flexibility index (Phi) is 7.12. The molecule has 26 heavy (non-hydrogen) atoms. The summed E-state index contributed by atoms with van der Waals surface area (Å²) >= 11 is 18.1. The Morgan fingerprint density at radius 2 is 1.73 bits per heavy atom. The molecule has 0 aliphatic carbocycles. The van der Waals surface area contributed by atoms with Gasteiger partial charge in [0.05, 0.1) is 6.61 Å². The minimum absolute atomic E-state index is 0.0792. The first-order valence-electron chi connectivity index (χ1n) is 7.61. The van der Waals surface area contributed by atoms with Crippen LogP contribution in [0.5, 0.6) is 0 Å². The number of hydrogen-bond acceptors (Lipinski definition) is 3. The van der Waals surface area contributed by atoms with Gasteiger partial charge >= 0.3 is 0 Å². The smallest absolute Gasteiger partial charge is 0.258 e. The monoisotopic (exact) mass is 437 g/mol. The second-order valence-electron chi connectivity index (χ2n) is 5.27. The van der Waals surface area contributed by atoms with Crippen LogP contribution < -0.4 is 10.6 Å². The van der Waals surface area contributed by atoms with Gasteiger partial charge in [0.1, 0.15) is 5.82 Å². The Morgan fingerprint density at radius 1 is 1.15 bits per heavy atom. The molecule has 0 fully saturated rings. The summed E-state index contributed by atoms with van der Waals surface area (Å²) in [6.45, 7) is 1.72. The summed E-state index contributed by atoms with van der Waals surface area (Å²) in [5, 5.41) is 2.77. The van der Waals surface area contributed by atoms with Gasteiger partial charge in [-0.25, -0.2) is 4.39 Å². The largest absolute Gasteiger partial charge is 0.336 e. The van der Waals surface area contributed by atoms with E-state index < -0.39 is 28.7 Å². The number of benzene rings is 2. The highest BCUT2D eigenvalue weighted by atomic mass is 35.6. The highest BCUT2D eigenvalue weighted by Gasteiger charge is 2.49. The van der Waals surface area contributed by atoms with Crippen LogP contribution in [0.4, 0.5) is 4.39 Å². The molecule has 0 spiro atoms. The summed E-state index contributed by atoms with van der Waals surface area (Å²) < 4.78 is 30.1. The Balaban J connectivity index is 2.43. The van der Waals surface area contributed by atoms with Gasteiger partial charge in [-0.1, -0.05) is 53.0 Å². The molecule has 2 aromatic rings. The van der Waals surface area contributed by atoms with E-state index in [0.29, 0.717) is 5.30 Å². The van der Waals surface area contributed by atoms with Crippen LogP contribution in [-0.4, -0.2) is 22.1 Å². The molecule has 2 rings (SSSR count). The summed E-state index contributed by atoms with van der Waals surface area (Å²) in [5.74, 6) is -2.61. The normalized spacial score (nSPS) is 15.1. The predicted octanol–water partition coefficient (Wildman–Crippen LogP) is 4.89. The Morgan fingerprint density at radius 3 is 2.23 bits per heavy atom. The van der Waals surface area contributed by atoms with Crippen LogP contribution in [0.1, 0.15) is 17.3 Å². The molecule has 0 heterocycles. The predicted molar refractivity (Wildman–Crippen MR) is 103 cm³/mol. The van der Waals surface area contributed by atoms with Crippen LogP contribution in [0.25, 0.3) is 0 Å². The van der Waals surface area contributed by atoms with Gasteiger partial charge in [0.2, 0.25) is 3.79 Å². The molecule has 2 aromatic carbocycles. The minimum Gasteiger partial charge on any atom is -0.336 e. The molecule has 9 heteroatoms. The van der Waals surface area contributed by atoms with Gasteiger partial charge in [-0.05, 0) is 43.3 Å². The highest BCUT2D eigenvalue weighted by molar-refractivity contribution is 7.68. The molecular weight excluding hydrogens is 423 g/mol. The lowest BCUT2D eigenvalue weighted by Gasteiger charge is -2.32. The minimum atomic E-state index is -3.79. The maximum atomic E-state index is 13.6. The molecule has 0 radical (unpaired) electrons. The molecule has 0 bridgehead atoms. The molecule has 140 valence electrons. The number of hydrogen-bond donors (Lipinski definition) is 1. The maximum absolute atomic E-state index is 13.6. The van der Waals surface area contributed by atoms with E-state index in [-0.39, 0.29) is 12.2 Å². The van der Waals surface area contributed by atoms with E-state index in [0.717, 1.165) is 12.1 Å². The van der Waals surface area contributed by atoms with Crippen LogP contribution in [0.15, 0.2) is 54.6 Å². The van der Waals surface area contributed by atoms with Gasteiger partial charge in [-0.15, -0.1) is 0 Å². The SMILES string of the molecule is CCO[P@@](=O)(c1ccccc1)[C@@H](NC(=O)c1ccc(F)cc1)C(Cl)(Cl)Cl. The lowest BCUT2D eigenvalue weighted by molar-refractivity contribution is 0.0945. The first-order chi connectivity index (χ1) is 12.2. The molecule has 0 aliphatic rings. The van der Waals surface area contributed by atoms with Gasteiger partial charge in [0, 0.05) is 10.9 Å². The van der Waals surface area contributed by atoms with E-state index in [1.165, 1.54) is 12.1 Å². The zero-order chi connectivity index (χ0) is 19.4. The zero-order valence-corrected chi connectivity index (χ0v) is 16.8. The quantitative estimate of drug-likeness (QED) is 0.516. The average Bonchev–Trinajstić information content (AvgIpc) is 2.60. The summed E-state index contributed by atoms with van der Waals surface area (Å²) in [6, 6.07) is 13.0. The number of amides is 1. The number of rotatable bonds is 6. The topological polar surface area (TPSA) is 55.4 Å². The van der Waals surface area contributed by atoms with E-state index in [2.05, 4.69) is 5.32 Å². The lowest BCUT2D eigenvalue weighted by Crippen LogP contribution is -2.46. The van der Waals surface area contributed by atoms with Crippen molar-refractivity contribution in [2.45, 2.75) is 16.5 Å². The van der Waals surface area contributed by atoms with Gasteiger partial charge in [-0.3, -0.25) is 9.36 Å². The number of halogens is 4. The summed E-state index contributed by atoms with van der Waals surface area (Å²) in [5.41, 5.74) is 0.127. The van der Waals surface area contributed by atoms with Crippen molar-refractivity contribution < 1.29 is 18.3 Å².